The van der Waals surface area contributed by atoms with Crippen molar-refractivity contribution >= 4 is 17.9 Å². The standard InChI is InChI=1S/C24H39N3O4/c1-15(2)27(19(28)14-25-22(30)31-24(8,9)10)20(21(29)26-23(5,6)7)18-13-11-12-16(3)17(18)4/h11-13,15,20H,14H2,1-10H3,(H,25,30)(H,26,29). The van der Waals surface area contributed by atoms with Crippen molar-refractivity contribution in [2.24, 2.45) is 0 Å². The van der Waals surface area contributed by atoms with E-state index in [0.29, 0.717) is 0 Å². The Kier molecular flexibility index (Phi) is 8.67. The van der Waals surface area contributed by atoms with Gasteiger partial charge in [0.05, 0.1) is 0 Å². The van der Waals surface area contributed by atoms with Crippen LogP contribution >= 0.6 is 0 Å². The molecule has 2 N–H and O–H groups in total. The highest BCUT2D eigenvalue weighted by atomic mass is 16.6. The number of hydrogen-bond donors (Lipinski definition) is 2. The zero-order valence-electron chi connectivity index (χ0n) is 20.7. The Morgan fingerprint density at radius 2 is 1.61 bits per heavy atom. The highest BCUT2D eigenvalue weighted by molar-refractivity contribution is 5.91. The Morgan fingerprint density at radius 3 is 2.10 bits per heavy atom. The number of hydrogen-bond acceptors (Lipinski definition) is 4. The minimum atomic E-state index is -0.827. The van der Waals surface area contributed by atoms with E-state index in [4.69, 9.17) is 4.74 Å². The topological polar surface area (TPSA) is 87.7 Å². The van der Waals surface area contributed by atoms with Gasteiger partial charge in [0, 0.05) is 11.6 Å². The summed E-state index contributed by atoms with van der Waals surface area (Å²) in [5.74, 6) is -0.628. The van der Waals surface area contributed by atoms with E-state index in [1.165, 1.54) is 4.90 Å². The Bertz CT molecular complexity index is 804. The Morgan fingerprint density at radius 1 is 1.03 bits per heavy atom. The summed E-state index contributed by atoms with van der Waals surface area (Å²) in [4.78, 5) is 40.2. The van der Waals surface area contributed by atoms with Crippen molar-refractivity contribution in [1.82, 2.24) is 15.5 Å². The van der Waals surface area contributed by atoms with E-state index < -0.39 is 23.3 Å². The van der Waals surface area contributed by atoms with Gasteiger partial charge in [-0.25, -0.2) is 4.79 Å². The first-order valence-corrected chi connectivity index (χ1v) is 10.7. The van der Waals surface area contributed by atoms with E-state index in [1.807, 2.05) is 66.7 Å². The van der Waals surface area contributed by atoms with Crippen molar-refractivity contribution in [2.45, 2.75) is 92.5 Å². The predicted octanol–water partition coefficient (Wildman–Crippen LogP) is 4.02. The molecule has 0 radical (unpaired) electrons. The van der Waals surface area contributed by atoms with Crippen LogP contribution in [0.2, 0.25) is 0 Å². The smallest absolute Gasteiger partial charge is 0.408 e. The summed E-state index contributed by atoms with van der Waals surface area (Å²) < 4.78 is 5.22. The van der Waals surface area contributed by atoms with Gasteiger partial charge < -0.3 is 20.3 Å². The largest absolute Gasteiger partial charge is 0.444 e. The lowest BCUT2D eigenvalue weighted by atomic mass is 9.94. The van der Waals surface area contributed by atoms with Crippen LogP contribution in [-0.2, 0) is 14.3 Å². The summed E-state index contributed by atoms with van der Waals surface area (Å²) in [5.41, 5.74) is 1.62. The maximum atomic E-state index is 13.4. The molecule has 0 heterocycles. The van der Waals surface area contributed by atoms with Crippen molar-refractivity contribution in [1.29, 1.82) is 0 Å². The number of nitrogens with one attached hydrogen (secondary N) is 2. The molecular formula is C24H39N3O4. The first-order chi connectivity index (χ1) is 14.0. The van der Waals surface area contributed by atoms with Crippen LogP contribution in [0.25, 0.3) is 0 Å². The van der Waals surface area contributed by atoms with Gasteiger partial charge in [0.1, 0.15) is 18.2 Å². The molecule has 0 aliphatic carbocycles. The van der Waals surface area contributed by atoms with Crippen molar-refractivity contribution in [3.63, 3.8) is 0 Å². The number of rotatable bonds is 6. The monoisotopic (exact) mass is 433 g/mol. The lowest BCUT2D eigenvalue weighted by Gasteiger charge is -2.37. The number of alkyl carbamates (subject to hydrolysis) is 1. The Labute approximate surface area is 186 Å². The molecular weight excluding hydrogens is 394 g/mol. The number of carbonyl (C=O) groups is 3. The predicted molar refractivity (Wildman–Crippen MR) is 123 cm³/mol. The molecule has 0 saturated carbocycles. The molecule has 7 heteroatoms. The van der Waals surface area contributed by atoms with E-state index in [9.17, 15) is 14.4 Å². The average molecular weight is 434 g/mol. The molecule has 174 valence electrons. The molecule has 1 aromatic carbocycles. The van der Waals surface area contributed by atoms with Crippen LogP contribution < -0.4 is 10.6 Å². The fourth-order valence-electron chi connectivity index (χ4n) is 3.21. The van der Waals surface area contributed by atoms with Gasteiger partial charge in [0.2, 0.25) is 11.8 Å². The molecule has 7 nitrogen and oxygen atoms in total. The maximum absolute atomic E-state index is 13.4. The van der Waals surface area contributed by atoms with E-state index in [2.05, 4.69) is 10.6 Å². The van der Waals surface area contributed by atoms with Gasteiger partial charge in [0.15, 0.2) is 0 Å². The van der Waals surface area contributed by atoms with Gasteiger partial charge in [-0.1, -0.05) is 18.2 Å². The fourth-order valence-corrected chi connectivity index (χ4v) is 3.21. The summed E-state index contributed by atoms with van der Waals surface area (Å²) in [6.07, 6.45) is -0.674. The van der Waals surface area contributed by atoms with Crippen LogP contribution in [0.3, 0.4) is 0 Å². The molecule has 0 aromatic heterocycles. The first kappa shape index (κ1) is 26.5. The third-order valence-electron chi connectivity index (χ3n) is 4.59. The lowest BCUT2D eigenvalue weighted by molar-refractivity contribution is -0.142. The normalized spacial score (nSPS) is 12.9. The summed E-state index contributed by atoms with van der Waals surface area (Å²) in [5, 5.41) is 5.52. The lowest BCUT2D eigenvalue weighted by Crippen LogP contribution is -2.53. The Balaban J connectivity index is 3.30. The molecule has 1 aromatic rings. The second-order valence-electron chi connectivity index (χ2n) is 10.2. The van der Waals surface area contributed by atoms with Gasteiger partial charge in [-0.2, -0.15) is 0 Å². The quantitative estimate of drug-likeness (QED) is 0.709. The van der Waals surface area contributed by atoms with Crippen molar-refractivity contribution in [3.05, 3.63) is 34.9 Å². The maximum Gasteiger partial charge on any atom is 0.408 e. The zero-order valence-corrected chi connectivity index (χ0v) is 20.7. The molecule has 0 aliphatic rings. The van der Waals surface area contributed by atoms with Crippen LogP contribution in [0.15, 0.2) is 18.2 Å². The van der Waals surface area contributed by atoms with Gasteiger partial charge in [-0.3, -0.25) is 9.59 Å². The van der Waals surface area contributed by atoms with Crippen LogP contribution in [0, 0.1) is 13.8 Å². The van der Waals surface area contributed by atoms with Crippen LogP contribution in [0.1, 0.15) is 78.1 Å². The summed E-state index contributed by atoms with van der Waals surface area (Å²) in [6, 6.07) is 4.63. The second-order valence-corrected chi connectivity index (χ2v) is 10.2. The van der Waals surface area contributed by atoms with Gasteiger partial charge in [-0.05, 0) is 85.9 Å². The second kappa shape index (κ2) is 10.2. The third kappa shape index (κ3) is 8.23. The molecule has 1 rings (SSSR count). The molecule has 1 unspecified atom stereocenters. The number of ether oxygens (including phenoxy) is 1. The zero-order chi connectivity index (χ0) is 24.1. The van der Waals surface area contributed by atoms with E-state index >= 15 is 0 Å². The molecule has 1 atom stereocenters. The third-order valence-corrected chi connectivity index (χ3v) is 4.59. The molecule has 31 heavy (non-hydrogen) atoms. The first-order valence-electron chi connectivity index (χ1n) is 10.7. The fraction of sp³-hybridized carbons (Fsp3) is 0.625. The van der Waals surface area contributed by atoms with E-state index in [-0.39, 0.29) is 24.4 Å². The molecule has 0 bridgehead atoms. The van der Waals surface area contributed by atoms with E-state index in [1.54, 1.807) is 20.8 Å². The summed E-state index contributed by atoms with van der Waals surface area (Å²) in [7, 11) is 0. The summed E-state index contributed by atoms with van der Waals surface area (Å²) in [6.45, 7) is 18.3. The van der Waals surface area contributed by atoms with Crippen LogP contribution in [0.4, 0.5) is 4.79 Å². The molecule has 0 spiro atoms. The number of carbonyl (C=O) groups excluding carboxylic acids is 3. The highest BCUT2D eigenvalue weighted by Crippen LogP contribution is 2.29. The minimum Gasteiger partial charge on any atom is -0.444 e. The average Bonchev–Trinajstić information content (AvgIpc) is 2.57. The number of amides is 3. The van der Waals surface area contributed by atoms with Gasteiger partial charge in [-0.15, -0.1) is 0 Å². The van der Waals surface area contributed by atoms with Crippen LogP contribution in [-0.4, -0.2) is 46.5 Å². The SMILES string of the molecule is Cc1cccc(C(C(=O)NC(C)(C)C)N(C(=O)CNC(=O)OC(C)(C)C)C(C)C)c1C. The van der Waals surface area contributed by atoms with E-state index in [0.717, 1.165) is 16.7 Å². The van der Waals surface area contributed by atoms with Gasteiger partial charge >= 0.3 is 6.09 Å². The van der Waals surface area contributed by atoms with Crippen molar-refractivity contribution < 1.29 is 19.1 Å². The van der Waals surface area contributed by atoms with Crippen molar-refractivity contribution in [3.8, 4) is 0 Å². The minimum absolute atomic E-state index is 0.263. The molecule has 0 aliphatic heterocycles. The number of benzene rings is 1. The molecule has 0 saturated heterocycles. The van der Waals surface area contributed by atoms with Crippen molar-refractivity contribution in [2.75, 3.05) is 6.54 Å². The number of nitrogens with zero attached hydrogens (tertiary/aromatic N) is 1. The Hall–Kier alpha value is -2.57. The molecule has 3 amide bonds. The van der Waals surface area contributed by atoms with Crippen LogP contribution in [0.5, 0.6) is 0 Å². The highest BCUT2D eigenvalue weighted by Gasteiger charge is 2.36. The molecule has 0 fully saturated rings. The number of aryl methyl sites for hydroxylation is 1. The van der Waals surface area contributed by atoms with Gasteiger partial charge in [0.25, 0.3) is 0 Å². The summed E-state index contributed by atoms with van der Waals surface area (Å²) >= 11 is 0.